The molecule has 41 heavy (non-hydrogen) atoms. The summed E-state index contributed by atoms with van der Waals surface area (Å²) in [5.74, 6) is 0.861. The Hall–Kier alpha value is -3.89. The van der Waals surface area contributed by atoms with E-state index in [1.807, 2.05) is 19.1 Å². The van der Waals surface area contributed by atoms with Crippen LogP contribution in [0.2, 0.25) is 0 Å². The van der Waals surface area contributed by atoms with E-state index < -0.39 is 5.95 Å². The quantitative estimate of drug-likeness (QED) is 0.292. The highest BCUT2D eigenvalue weighted by Gasteiger charge is 2.32. The van der Waals surface area contributed by atoms with Crippen molar-refractivity contribution >= 4 is 16.7 Å². The van der Waals surface area contributed by atoms with E-state index in [2.05, 4.69) is 24.8 Å². The number of ether oxygens (including phenoxy) is 1. The summed E-state index contributed by atoms with van der Waals surface area (Å²) in [6, 6.07) is 9.28. The van der Waals surface area contributed by atoms with E-state index in [0.717, 1.165) is 49.3 Å². The van der Waals surface area contributed by atoms with Crippen molar-refractivity contribution in [2.24, 2.45) is 0 Å². The summed E-state index contributed by atoms with van der Waals surface area (Å²) < 4.78 is 23.7. The number of piperidine rings is 1. The van der Waals surface area contributed by atoms with Gasteiger partial charge >= 0.3 is 0 Å². The lowest BCUT2D eigenvalue weighted by Gasteiger charge is -2.40. The lowest BCUT2D eigenvalue weighted by molar-refractivity contribution is 0.155. The molecule has 0 amide bonds. The number of halogens is 1. The normalized spacial score (nSPS) is 17.4. The van der Waals surface area contributed by atoms with Crippen LogP contribution >= 0.6 is 0 Å². The first-order valence-electron chi connectivity index (χ1n) is 14.3. The second-order valence-electron chi connectivity index (χ2n) is 11.0. The van der Waals surface area contributed by atoms with Crippen LogP contribution < -0.4 is 15.1 Å². The molecule has 3 aromatic heterocycles. The third-order valence-electron chi connectivity index (χ3n) is 7.97. The number of aliphatic hydroxyl groups excluding tert-OH is 1. The molecule has 2 aliphatic rings. The maximum absolute atomic E-state index is 16.4. The molecule has 9 nitrogen and oxygen atoms in total. The lowest BCUT2D eigenvalue weighted by atomic mass is 10.0. The first-order chi connectivity index (χ1) is 20.0. The number of aromatic nitrogens is 4. The summed E-state index contributed by atoms with van der Waals surface area (Å²) >= 11 is 0. The number of hydrogen-bond donors (Lipinski definition) is 1. The first kappa shape index (κ1) is 27.3. The first-order valence-corrected chi connectivity index (χ1v) is 14.3. The summed E-state index contributed by atoms with van der Waals surface area (Å²) in [5, 5.41) is 9.63. The third kappa shape index (κ3) is 5.94. The lowest BCUT2D eigenvalue weighted by Crippen LogP contribution is -2.48. The molecule has 4 heterocycles. The molecule has 1 saturated heterocycles. The van der Waals surface area contributed by atoms with Crippen LogP contribution in [0.1, 0.15) is 48.5 Å². The minimum atomic E-state index is -0.471. The molecule has 1 aliphatic heterocycles. The number of hydrogen-bond acceptors (Lipinski definition) is 8. The zero-order valence-electron chi connectivity index (χ0n) is 23.2. The number of fused-ring (bicyclic) bond motifs is 1. The van der Waals surface area contributed by atoms with E-state index in [1.165, 1.54) is 0 Å². The fourth-order valence-corrected chi connectivity index (χ4v) is 5.86. The Balaban J connectivity index is 1.38. The molecule has 1 aliphatic carbocycles. The van der Waals surface area contributed by atoms with Gasteiger partial charge in [-0.15, -0.1) is 0 Å². The average molecular weight is 559 g/mol. The van der Waals surface area contributed by atoms with Crippen LogP contribution in [0.15, 0.2) is 59.9 Å². The minimum Gasteiger partial charge on any atom is -0.491 e. The van der Waals surface area contributed by atoms with Crippen molar-refractivity contribution in [3.05, 3.63) is 88.1 Å². The van der Waals surface area contributed by atoms with E-state index in [0.29, 0.717) is 29.7 Å². The van der Waals surface area contributed by atoms with Crippen LogP contribution in [0.4, 0.5) is 10.2 Å². The summed E-state index contributed by atoms with van der Waals surface area (Å²) in [5.41, 5.74) is 2.43. The predicted molar refractivity (Wildman–Crippen MR) is 155 cm³/mol. The second kappa shape index (κ2) is 11.9. The van der Waals surface area contributed by atoms with E-state index in [9.17, 15) is 4.79 Å². The molecule has 6 rings (SSSR count). The fraction of sp³-hybridized carbons (Fsp3) is 0.419. The van der Waals surface area contributed by atoms with Crippen LogP contribution in [-0.2, 0) is 13.1 Å². The van der Waals surface area contributed by atoms with Crippen LogP contribution in [0.25, 0.3) is 10.9 Å². The van der Waals surface area contributed by atoms with E-state index in [1.54, 1.807) is 47.6 Å². The third-order valence-corrected chi connectivity index (χ3v) is 7.97. The Morgan fingerprint density at radius 2 is 1.98 bits per heavy atom. The predicted octanol–water partition coefficient (Wildman–Crippen LogP) is 4.01. The number of pyridine rings is 2. The van der Waals surface area contributed by atoms with Gasteiger partial charge in [-0.3, -0.25) is 19.7 Å². The molecule has 1 saturated carbocycles. The maximum Gasteiger partial charge on any atom is 0.202 e. The van der Waals surface area contributed by atoms with E-state index >= 15 is 4.39 Å². The van der Waals surface area contributed by atoms with Gasteiger partial charge < -0.3 is 19.3 Å². The average Bonchev–Trinajstić information content (AvgIpc) is 3.83. The second-order valence-corrected chi connectivity index (χ2v) is 11.0. The van der Waals surface area contributed by atoms with Crippen LogP contribution in [-0.4, -0.2) is 61.9 Å². The van der Waals surface area contributed by atoms with Gasteiger partial charge in [0.05, 0.1) is 23.9 Å². The Bertz CT molecular complexity index is 1580. The molecule has 0 spiro atoms. The highest BCUT2D eigenvalue weighted by molar-refractivity contribution is 5.81. The smallest absolute Gasteiger partial charge is 0.202 e. The molecule has 1 aromatic carbocycles. The van der Waals surface area contributed by atoms with Crippen LogP contribution in [0.3, 0.4) is 0 Å². The molecule has 1 N–H and O–H groups in total. The maximum atomic E-state index is 16.4. The van der Waals surface area contributed by atoms with Gasteiger partial charge in [0.25, 0.3) is 0 Å². The zero-order valence-corrected chi connectivity index (χ0v) is 23.2. The Morgan fingerprint density at radius 3 is 2.73 bits per heavy atom. The Labute approximate surface area is 238 Å². The van der Waals surface area contributed by atoms with E-state index in [-0.39, 0.29) is 42.8 Å². The summed E-state index contributed by atoms with van der Waals surface area (Å²) in [6.45, 7) is 4.31. The number of aryl methyl sites for hydroxylation is 1. The largest absolute Gasteiger partial charge is 0.491 e. The number of aliphatic hydroxyl groups is 1. The van der Waals surface area contributed by atoms with Gasteiger partial charge in [-0.25, -0.2) is 4.98 Å². The fourth-order valence-electron chi connectivity index (χ4n) is 5.86. The van der Waals surface area contributed by atoms with Gasteiger partial charge in [0.15, 0.2) is 5.43 Å². The number of nitrogens with zero attached hydrogens (tertiary/aromatic N) is 6. The summed E-state index contributed by atoms with van der Waals surface area (Å²) in [7, 11) is 0. The van der Waals surface area contributed by atoms with Gasteiger partial charge in [-0.05, 0) is 62.4 Å². The minimum absolute atomic E-state index is 0.0167. The highest BCUT2D eigenvalue weighted by Crippen LogP contribution is 2.39. The summed E-state index contributed by atoms with van der Waals surface area (Å²) in [4.78, 5) is 31.4. The molecule has 0 radical (unpaired) electrons. The molecular formula is C31H35FN6O3. The van der Waals surface area contributed by atoms with Gasteiger partial charge in [0.2, 0.25) is 5.95 Å². The van der Waals surface area contributed by atoms with Gasteiger partial charge in [-0.1, -0.05) is 0 Å². The zero-order chi connectivity index (χ0) is 28.3. The molecule has 0 bridgehead atoms. The van der Waals surface area contributed by atoms with Crippen molar-refractivity contribution in [2.75, 3.05) is 31.2 Å². The topological polar surface area (TPSA) is 96.6 Å². The van der Waals surface area contributed by atoms with Crippen molar-refractivity contribution < 1.29 is 14.2 Å². The molecule has 10 heteroatoms. The number of rotatable bonds is 10. The van der Waals surface area contributed by atoms with Crippen molar-refractivity contribution in [1.82, 2.24) is 24.4 Å². The van der Waals surface area contributed by atoms with Crippen molar-refractivity contribution in [2.45, 2.75) is 57.8 Å². The Kier molecular flexibility index (Phi) is 7.93. The van der Waals surface area contributed by atoms with Gasteiger partial charge in [-0.2, -0.15) is 4.39 Å². The molecule has 1 atom stereocenters. The number of anilines is 1. The molecule has 214 valence electrons. The Morgan fingerprint density at radius 1 is 1.10 bits per heavy atom. The van der Waals surface area contributed by atoms with Gasteiger partial charge in [0.1, 0.15) is 18.2 Å². The molecule has 0 unspecified atom stereocenters. The number of benzene rings is 1. The van der Waals surface area contributed by atoms with Crippen LogP contribution in [0, 0.1) is 12.9 Å². The SMILES string of the molecule is Cc1cc(CN(Cc2c(F)n(C3CC3)c3cc(OCCO)ccc3c2=O)[C@H]2CCCN(c3cnccn3)C2)ccn1. The molecule has 2 fully saturated rings. The van der Waals surface area contributed by atoms with Crippen molar-refractivity contribution in [3.8, 4) is 5.75 Å². The standard InChI is InChI=1S/C31H35FN6O3/c1-21-15-22(8-9-34-21)18-37(24-3-2-12-36(19-24)29-17-33-10-11-35-29)20-27-30(40)26-7-6-25(41-14-13-39)16-28(26)38(31(27)32)23-4-5-23/h6-11,15-17,23-24,39H,2-5,12-14,18-20H2,1H3/t24-/m0/s1. The summed E-state index contributed by atoms with van der Waals surface area (Å²) in [6.07, 6.45) is 10.5. The van der Waals surface area contributed by atoms with Crippen LogP contribution in [0.5, 0.6) is 5.75 Å². The van der Waals surface area contributed by atoms with Crippen molar-refractivity contribution in [3.63, 3.8) is 0 Å². The highest BCUT2D eigenvalue weighted by atomic mass is 19.1. The molecule has 4 aromatic rings. The van der Waals surface area contributed by atoms with Crippen molar-refractivity contribution in [1.29, 1.82) is 0 Å². The monoisotopic (exact) mass is 558 g/mol. The molecular weight excluding hydrogens is 523 g/mol. The van der Waals surface area contributed by atoms with Gasteiger partial charge in [0, 0.05) is 74.0 Å². The van der Waals surface area contributed by atoms with E-state index in [4.69, 9.17) is 9.84 Å².